The molecule has 2 aromatic rings. The van der Waals surface area contributed by atoms with E-state index in [1.54, 1.807) is 12.1 Å². The van der Waals surface area contributed by atoms with Crippen LogP contribution >= 0.6 is 23.2 Å². The Morgan fingerprint density at radius 3 is 2.44 bits per heavy atom. The van der Waals surface area contributed by atoms with Gasteiger partial charge in [-0.2, -0.15) is 4.31 Å². The average molecular weight is 498 g/mol. The molecule has 0 bridgehead atoms. The van der Waals surface area contributed by atoms with Gasteiger partial charge in [-0.15, -0.1) is 0 Å². The van der Waals surface area contributed by atoms with Crippen LogP contribution in [0.2, 0.25) is 10.0 Å². The number of sulfonamides is 1. The molecule has 3 rings (SSSR count). The number of likely N-dealkylation sites (N-methyl/N-ethyl adjacent to an activating group) is 1. The summed E-state index contributed by atoms with van der Waals surface area (Å²) >= 11 is 11.8. The molecular formula is C22H25Cl2N3O4S. The lowest BCUT2D eigenvalue weighted by Gasteiger charge is -2.30. The molecule has 1 aliphatic heterocycles. The van der Waals surface area contributed by atoms with Crippen LogP contribution in [0.4, 0.5) is 5.69 Å². The van der Waals surface area contributed by atoms with Gasteiger partial charge >= 0.3 is 0 Å². The highest BCUT2D eigenvalue weighted by atomic mass is 35.5. The molecule has 7 nitrogen and oxygen atoms in total. The van der Waals surface area contributed by atoms with Crippen LogP contribution in [-0.4, -0.2) is 56.1 Å². The number of halogens is 2. The zero-order valence-corrected chi connectivity index (χ0v) is 20.2. The van der Waals surface area contributed by atoms with Gasteiger partial charge in [-0.25, -0.2) is 8.42 Å². The number of piperidine rings is 1. The molecule has 2 amide bonds. The third kappa shape index (κ3) is 5.81. The van der Waals surface area contributed by atoms with Gasteiger partial charge in [0.05, 0.1) is 21.5 Å². The molecule has 1 atom stereocenters. The van der Waals surface area contributed by atoms with Gasteiger partial charge in [0.2, 0.25) is 15.9 Å². The average Bonchev–Trinajstić information content (AvgIpc) is 2.75. The van der Waals surface area contributed by atoms with Crippen molar-refractivity contribution < 1.29 is 18.0 Å². The van der Waals surface area contributed by atoms with Crippen molar-refractivity contribution in [1.82, 2.24) is 9.21 Å². The largest absolute Gasteiger partial charge is 0.332 e. The molecule has 0 aromatic heterocycles. The molecular weight excluding hydrogens is 473 g/mol. The minimum Gasteiger partial charge on any atom is -0.332 e. The Labute approximate surface area is 198 Å². The van der Waals surface area contributed by atoms with Crippen LogP contribution in [0.1, 0.15) is 30.1 Å². The summed E-state index contributed by atoms with van der Waals surface area (Å²) in [4.78, 5) is 26.4. The highest BCUT2D eigenvalue weighted by molar-refractivity contribution is 7.89. The van der Waals surface area contributed by atoms with Gasteiger partial charge in [-0.1, -0.05) is 30.1 Å². The normalized spacial score (nSPS) is 17.1. The van der Waals surface area contributed by atoms with E-state index in [1.807, 2.05) is 6.92 Å². The van der Waals surface area contributed by atoms with Gasteiger partial charge in [-0.05, 0) is 61.2 Å². The first-order chi connectivity index (χ1) is 15.1. The first kappa shape index (κ1) is 24.5. The van der Waals surface area contributed by atoms with Crippen molar-refractivity contribution in [2.24, 2.45) is 5.92 Å². The van der Waals surface area contributed by atoms with Crippen LogP contribution in [0, 0.1) is 5.92 Å². The maximum atomic E-state index is 12.9. The Morgan fingerprint density at radius 2 is 1.81 bits per heavy atom. The number of amides is 2. The molecule has 0 saturated carbocycles. The van der Waals surface area contributed by atoms with Gasteiger partial charge < -0.3 is 10.2 Å². The highest BCUT2D eigenvalue weighted by Gasteiger charge is 2.28. The van der Waals surface area contributed by atoms with Crippen molar-refractivity contribution in [3.8, 4) is 0 Å². The fraction of sp³-hybridized carbons (Fsp3) is 0.364. The van der Waals surface area contributed by atoms with Crippen LogP contribution in [-0.2, 0) is 14.8 Å². The summed E-state index contributed by atoms with van der Waals surface area (Å²) < 4.78 is 27.2. The predicted octanol–water partition coefficient (Wildman–Crippen LogP) is 4.12. The van der Waals surface area contributed by atoms with E-state index in [0.29, 0.717) is 40.3 Å². The summed E-state index contributed by atoms with van der Waals surface area (Å²) in [7, 11) is -2.10. The zero-order chi connectivity index (χ0) is 23.5. The first-order valence-electron chi connectivity index (χ1n) is 10.2. The van der Waals surface area contributed by atoms with Crippen LogP contribution < -0.4 is 5.32 Å². The number of nitrogens with one attached hydrogen (secondary N) is 1. The van der Waals surface area contributed by atoms with Gasteiger partial charge in [-0.3, -0.25) is 9.59 Å². The van der Waals surface area contributed by atoms with Gasteiger partial charge in [0.25, 0.3) is 5.91 Å². The Hall–Kier alpha value is -2.13. The number of nitrogens with zero attached hydrogens (tertiary/aromatic N) is 2. The molecule has 0 aliphatic carbocycles. The first-order valence-corrected chi connectivity index (χ1v) is 12.4. The second-order valence-corrected chi connectivity index (χ2v) is 10.7. The summed E-state index contributed by atoms with van der Waals surface area (Å²) in [5, 5.41) is 3.34. The standard InChI is InChI=1S/C22H25Cl2N3O4S/c1-15-4-3-11-27(13-15)32(30,31)18-8-5-16(6-9-18)22(29)26(2)14-21(28)25-17-7-10-19(23)20(24)12-17/h5-10,12,15H,3-4,11,13-14H2,1-2H3,(H,25,28)/t15-/m0/s1. The number of carbonyl (C=O) groups excluding carboxylic acids is 2. The highest BCUT2D eigenvalue weighted by Crippen LogP contribution is 2.25. The summed E-state index contributed by atoms with van der Waals surface area (Å²) in [5.74, 6) is -0.481. The Balaban J connectivity index is 1.63. The summed E-state index contributed by atoms with van der Waals surface area (Å²) in [6.45, 7) is 2.85. The van der Waals surface area contributed by atoms with E-state index in [9.17, 15) is 18.0 Å². The maximum absolute atomic E-state index is 12.9. The van der Waals surface area contributed by atoms with Gasteiger partial charge in [0, 0.05) is 31.4 Å². The van der Waals surface area contributed by atoms with Crippen LogP contribution in [0.5, 0.6) is 0 Å². The quantitative estimate of drug-likeness (QED) is 0.649. The predicted molar refractivity (Wildman–Crippen MR) is 126 cm³/mol. The topological polar surface area (TPSA) is 86.8 Å². The van der Waals surface area contributed by atoms with Crippen LogP contribution in [0.15, 0.2) is 47.4 Å². The lowest BCUT2D eigenvalue weighted by molar-refractivity contribution is -0.116. The van der Waals surface area contributed by atoms with E-state index in [1.165, 1.54) is 46.6 Å². The third-order valence-electron chi connectivity index (χ3n) is 5.29. The van der Waals surface area contributed by atoms with E-state index in [-0.39, 0.29) is 11.4 Å². The van der Waals surface area contributed by atoms with Crippen molar-refractivity contribution in [3.05, 3.63) is 58.1 Å². The molecule has 0 unspecified atom stereocenters. The lowest BCUT2D eigenvalue weighted by Crippen LogP contribution is -2.39. The maximum Gasteiger partial charge on any atom is 0.254 e. The van der Waals surface area contributed by atoms with Crippen molar-refractivity contribution in [1.29, 1.82) is 0 Å². The smallest absolute Gasteiger partial charge is 0.254 e. The minimum absolute atomic E-state index is 0.156. The van der Waals surface area contributed by atoms with E-state index in [0.717, 1.165) is 12.8 Å². The second-order valence-electron chi connectivity index (χ2n) is 7.97. The summed E-state index contributed by atoms with van der Waals surface area (Å²) in [5.41, 5.74) is 0.757. The number of rotatable bonds is 6. The monoisotopic (exact) mass is 497 g/mol. The van der Waals surface area contributed by atoms with E-state index < -0.39 is 21.8 Å². The summed E-state index contributed by atoms with van der Waals surface area (Å²) in [6, 6.07) is 10.5. The molecule has 2 aromatic carbocycles. The number of carbonyl (C=O) groups is 2. The second kappa shape index (κ2) is 10.2. The van der Waals surface area contributed by atoms with Crippen molar-refractivity contribution >= 4 is 50.7 Å². The number of hydrogen-bond donors (Lipinski definition) is 1. The molecule has 1 heterocycles. The Bertz CT molecular complexity index is 1110. The van der Waals surface area contributed by atoms with Crippen molar-refractivity contribution in [2.75, 3.05) is 32.0 Å². The fourth-order valence-corrected chi connectivity index (χ4v) is 5.46. The van der Waals surface area contributed by atoms with Crippen molar-refractivity contribution in [3.63, 3.8) is 0 Å². The van der Waals surface area contributed by atoms with Crippen LogP contribution in [0.25, 0.3) is 0 Å². The Kier molecular flexibility index (Phi) is 7.82. The Morgan fingerprint density at radius 1 is 1.12 bits per heavy atom. The lowest BCUT2D eigenvalue weighted by atomic mass is 10.0. The molecule has 1 N–H and O–H groups in total. The van der Waals surface area contributed by atoms with E-state index in [4.69, 9.17) is 23.2 Å². The van der Waals surface area contributed by atoms with Gasteiger partial charge in [0.15, 0.2) is 0 Å². The molecule has 10 heteroatoms. The van der Waals surface area contributed by atoms with Crippen molar-refractivity contribution in [2.45, 2.75) is 24.7 Å². The molecule has 0 radical (unpaired) electrons. The molecule has 1 saturated heterocycles. The van der Waals surface area contributed by atoms with Gasteiger partial charge in [0.1, 0.15) is 0 Å². The SMILES string of the molecule is C[C@H]1CCCN(S(=O)(=O)c2ccc(C(=O)N(C)CC(=O)Nc3ccc(Cl)c(Cl)c3)cc2)C1. The molecule has 0 spiro atoms. The van der Waals surface area contributed by atoms with Crippen LogP contribution in [0.3, 0.4) is 0 Å². The number of benzene rings is 2. The fourth-order valence-electron chi connectivity index (χ4n) is 3.57. The van der Waals surface area contributed by atoms with E-state index >= 15 is 0 Å². The molecule has 1 fully saturated rings. The molecule has 1 aliphatic rings. The molecule has 172 valence electrons. The number of anilines is 1. The summed E-state index contributed by atoms with van der Waals surface area (Å²) in [6.07, 6.45) is 1.86. The van der Waals surface area contributed by atoms with E-state index in [2.05, 4.69) is 5.32 Å². The zero-order valence-electron chi connectivity index (χ0n) is 17.8. The third-order valence-corrected chi connectivity index (χ3v) is 7.91. The number of hydrogen-bond acceptors (Lipinski definition) is 4. The minimum atomic E-state index is -3.59. The molecule has 32 heavy (non-hydrogen) atoms.